The Hall–Kier alpha value is -4.53. The molecule has 1 fully saturated rings. The van der Waals surface area contributed by atoms with Crippen LogP contribution >= 0.6 is 0 Å². The number of benzene rings is 1. The molecule has 5 N–H and O–H groups in total. The van der Waals surface area contributed by atoms with Crippen molar-refractivity contribution in [3.05, 3.63) is 56.1 Å². The number of anilines is 1. The van der Waals surface area contributed by atoms with Gasteiger partial charge in [0.2, 0.25) is 5.95 Å². The summed E-state index contributed by atoms with van der Waals surface area (Å²) in [6.45, 7) is -0.945. The second kappa shape index (κ2) is 11.1. The average Bonchev–Trinajstić information content (AvgIpc) is 3.44. The predicted molar refractivity (Wildman–Crippen MR) is 126 cm³/mol. The second-order valence-electron chi connectivity index (χ2n) is 8.31. The van der Waals surface area contributed by atoms with E-state index in [2.05, 4.69) is 26.8 Å². The third kappa shape index (κ3) is 6.31. The molecule has 14 nitrogen and oxygen atoms in total. The highest BCUT2D eigenvalue weighted by atomic mass is 19.4. The van der Waals surface area contributed by atoms with Crippen molar-refractivity contribution in [1.82, 2.24) is 24.8 Å². The molecular weight excluding hydrogens is 531 g/mol. The standard InChI is InChI=1S/C22H20F3N7O7/c23-22(24,25)20(35)27-5-1-2-11-3-4-12(13(6-11)32(36)37)8-38-9-15-14(33)7-16(39-15)31-10-28-17-18(31)29-21(26)30-19(17)34/h3-4,6,10,14-16,33H,5,7-9H2,(H,27,35)(H3,26,29,30,34)/t14-,15+,16+/m0/s1. The van der Waals surface area contributed by atoms with Gasteiger partial charge in [0.1, 0.15) is 12.3 Å². The first-order chi connectivity index (χ1) is 18.4. The number of hydrogen-bond donors (Lipinski definition) is 4. The van der Waals surface area contributed by atoms with Gasteiger partial charge in [-0.1, -0.05) is 11.8 Å². The van der Waals surface area contributed by atoms with Gasteiger partial charge in [0.25, 0.3) is 11.2 Å². The molecule has 2 aromatic heterocycles. The molecule has 1 aliphatic rings. The van der Waals surface area contributed by atoms with Gasteiger partial charge >= 0.3 is 12.1 Å². The largest absolute Gasteiger partial charge is 0.471 e. The molecule has 206 valence electrons. The first-order valence-electron chi connectivity index (χ1n) is 11.2. The van der Waals surface area contributed by atoms with Gasteiger partial charge in [-0.05, 0) is 12.1 Å². The number of carbonyl (C=O) groups is 1. The van der Waals surface area contributed by atoms with E-state index in [1.165, 1.54) is 23.0 Å². The van der Waals surface area contributed by atoms with Crippen molar-refractivity contribution < 1.29 is 37.5 Å². The van der Waals surface area contributed by atoms with Crippen LogP contribution in [-0.2, 0) is 20.9 Å². The number of carbonyl (C=O) groups excluding carboxylic acids is 1. The topological polar surface area (TPSA) is 201 Å². The van der Waals surface area contributed by atoms with E-state index in [1.54, 1.807) is 5.32 Å². The maximum absolute atomic E-state index is 12.2. The first kappa shape index (κ1) is 27.5. The molecule has 1 amide bonds. The molecule has 0 unspecified atom stereocenters. The molecule has 3 atom stereocenters. The second-order valence-corrected chi connectivity index (χ2v) is 8.31. The molecular formula is C22H20F3N7O7. The maximum atomic E-state index is 12.2. The van der Waals surface area contributed by atoms with E-state index in [0.29, 0.717) is 0 Å². The number of nitrogens with two attached hydrogens (primary N) is 1. The number of ether oxygens (including phenoxy) is 2. The summed E-state index contributed by atoms with van der Waals surface area (Å²) in [5.41, 5.74) is 5.28. The zero-order valence-corrected chi connectivity index (χ0v) is 19.8. The van der Waals surface area contributed by atoms with E-state index in [0.717, 1.165) is 6.07 Å². The predicted octanol–water partition coefficient (Wildman–Crippen LogP) is 0.505. The van der Waals surface area contributed by atoms with Crippen molar-refractivity contribution >= 4 is 28.7 Å². The van der Waals surface area contributed by atoms with Crippen molar-refractivity contribution in [2.75, 3.05) is 18.9 Å². The molecule has 0 spiro atoms. The Bertz CT molecular complexity index is 1530. The minimum absolute atomic E-state index is 0.0495. The summed E-state index contributed by atoms with van der Waals surface area (Å²) in [7, 11) is 0. The number of halogens is 3. The van der Waals surface area contributed by atoms with Crippen LogP contribution in [0.1, 0.15) is 23.8 Å². The smallest absolute Gasteiger partial charge is 0.390 e. The van der Waals surface area contributed by atoms with Gasteiger partial charge in [-0.15, -0.1) is 0 Å². The summed E-state index contributed by atoms with van der Waals surface area (Å²) in [5.74, 6) is 2.48. The van der Waals surface area contributed by atoms with Crippen molar-refractivity contribution in [3.8, 4) is 11.8 Å². The number of amides is 1. The highest BCUT2D eigenvalue weighted by Gasteiger charge is 2.38. The summed E-state index contributed by atoms with van der Waals surface area (Å²) >= 11 is 0. The number of hydrogen-bond acceptors (Lipinski definition) is 10. The molecule has 0 bridgehead atoms. The van der Waals surface area contributed by atoms with E-state index in [9.17, 15) is 38.0 Å². The third-order valence-electron chi connectivity index (χ3n) is 5.61. The van der Waals surface area contributed by atoms with Gasteiger partial charge in [0.15, 0.2) is 11.2 Å². The minimum atomic E-state index is -5.04. The van der Waals surface area contributed by atoms with Crippen LogP contribution in [0.25, 0.3) is 11.2 Å². The lowest BCUT2D eigenvalue weighted by molar-refractivity contribution is -0.386. The molecule has 1 aromatic carbocycles. The fourth-order valence-electron chi connectivity index (χ4n) is 3.78. The van der Waals surface area contributed by atoms with Crippen molar-refractivity contribution in [3.63, 3.8) is 0 Å². The fourth-order valence-corrected chi connectivity index (χ4v) is 3.78. The third-order valence-corrected chi connectivity index (χ3v) is 5.61. The van der Waals surface area contributed by atoms with Crippen LogP contribution in [0.4, 0.5) is 24.8 Å². The number of aromatic nitrogens is 4. The molecule has 3 heterocycles. The Labute approximate surface area is 216 Å². The summed E-state index contributed by atoms with van der Waals surface area (Å²) in [5, 5.41) is 23.5. The van der Waals surface area contributed by atoms with Crippen molar-refractivity contribution in [2.24, 2.45) is 0 Å². The number of nitro groups is 1. The Morgan fingerprint density at radius 3 is 2.92 bits per heavy atom. The highest BCUT2D eigenvalue weighted by Crippen LogP contribution is 2.31. The molecule has 39 heavy (non-hydrogen) atoms. The summed E-state index contributed by atoms with van der Waals surface area (Å²) < 4.78 is 49.4. The van der Waals surface area contributed by atoms with Gasteiger partial charge in [0.05, 0.1) is 42.7 Å². The Morgan fingerprint density at radius 1 is 1.44 bits per heavy atom. The monoisotopic (exact) mass is 551 g/mol. The summed E-state index contributed by atoms with van der Waals surface area (Å²) in [6, 6.07) is 3.90. The number of H-pyrrole nitrogens is 1. The average molecular weight is 551 g/mol. The van der Waals surface area contributed by atoms with Crippen molar-refractivity contribution in [1.29, 1.82) is 0 Å². The number of fused-ring (bicyclic) bond motifs is 1. The molecule has 0 radical (unpaired) electrons. The Kier molecular flexibility index (Phi) is 7.80. The van der Waals surface area contributed by atoms with Gasteiger partial charge in [-0.25, -0.2) is 4.98 Å². The van der Waals surface area contributed by atoms with Gasteiger partial charge in [0, 0.05) is 18.1 Å². The number of rotatable bonds is 7. The lowest BCUT2D eigenvalue weighted by Crippen LogP contribution is -2.36. The van der Waals surface area contributed by atoms with Crippen LogP contribution in [0.2, 0.25) is 0 Å². The SMILES string of the molecule is Nc1nc2c(ncn2[C@H]2C[C@H](O)[C@@H](COCc3ccc(C#CCNC(=O)C(F)(F)F)cc3[N+](=O)[O-])O2)c(=O)[nH]1. The number of nitrogens with zero attached hydrogens (tertiary/aromatic N) is 4. The van der Waals surface area contributed by atoms with Crippen LogP contribution in [0.15, 0.2) is 29.3 Å². The van der Waals surface area contributed by atoms with Crippen LogP contribution in [0.3, 0.4) is 0 Å². The quantitative estimate of drug-likeness (QED) is 0.182. The number of imidazole rings is 1. The number of aliphatic hydroxyl groups excluding tert-OH is 1. The maximum Gasteiger partial charge on any atom is 0.471 e. The van der Waals surface area contributed by atoms with E-state index < -0.39 is 47.5 Å². The van der Waals surface area contributed by atoms with Crippen molar-refractivity contribution in [2.45, 2.75) is 37.6 Å². The highest BCUT2D eigenvalue weighted by molar-refractivity contribution is 5.81. The molecule has 17 heteroatoms. The van der Waals surface area contributed by atoms with E-state index >= 15 is 0 Å². The lowest BCUT2D eigenvalue weighted by atomic mass is 10.1. The molecule has 3 aromatic rings. The van der Waals surface area contributed by atoms with E-state index in [4.69, 9.17) is 15.2 Å². The van der Waals surface area contributed by atoms with Crippen LogP contribution in [0.5, 0.6) is 0 Å². The number of aliphatic hydroxyl groups is 1. The van der Waals surface area contributed by atoms with Crippen LogP contribution in [0, 0.1) is 22.0 Å². The Balaban J connectivity index is 1.36. The first-order valence-corrected chi connectivity index (χ1v) is 11.2. The number of aromatic amines is 1. The molecule has 1 aliphatic heterocycles. The number of nitrogens with one attached hydrogen (secondary N) is 2. The minimum Gasteiger partial charge on any atom is -0.390 e. The van der Waals surface area contributed by atoms with Crippen LogP contribution < -0.4 is 16.6 Å². The van der Waals surface area contributed by atoms with Gasteiger partial charge < -0.3 is 25.6 Å². The fraction of sp³-hybridized carbons (Fsp3) is 0.364. The van der Waals surface area contributed by atoms with Crippen LogP contribution in [-0.4, -0.2) is 67.0 Å². The lowest BCUT2D eigenvalue weighted by Gasteiger charge is -2.16. The number of nitrogen functional groups attached to an aromatic ring is 1. The zero-order valence-electron chi connectivity index (χ0n) is 19.8. The molecule has 0 aliphatic carbocycles. The normalized spacial score (nSPS) is 19.0. The van der Waals surface area contributed by atoms with Gasteiger partial charge in [-0.3, -0.25) is 29.3 Å². The summed E-state index contributed by atoms with van der Waals surface area (Å²) in [4.78, 5) is 44.0. The van der Waals surface area contributed by atoms with E-state index in [1.807, 2.05) is 0 Å². The Morgan fingerprint density at radius 2 is 2.21 bits per heavy atom. The summed E-state index contributed by atoms with van der Waals surface area (Å²) in [6.07, 6.45) is -6.06. The zero-order chi connectivity index (χ0) is 28.3. The number of nitro benzene ring substituents is 1. The van der Waals surface area contributed by atoms with E-state index in [-0.39, 0.29) is 53.6 Å². The number of alkyl halides is 3. The molecule has 1 saturated heterocycles. The molecule has 4 rings (SSSR count). The van der Waals surface area contributed by atoms with Gasteiger partial charge in [-0.2, -0.15) is 18.2 Å². The molecule has 0 saturated carbocycles.